The number of rotatable bonds is 5. The van der Waals surface area contributed by atoms with Crippen molar-refractivity contribution in [2.45, 2.75) is 13.0 Å². The van der Waals surface area contributed by atoms with E-state index in [1.54, 1.807) is 18.2 Å². The first kappa shape index (κ1) is 15.3. The van der Waals surface area contributed by atoms with Crippen molar-refractivity contribution in [3.63, 3.8) is 0 Å². The van der Waals surface area contributed by atoms with Crippen LogP contribution in [0.15, 0.2) is 46.9 Å². The van der Waals surface area contributed by atoms with Gasteiger partial charge in [-0.25, -0.2) is 0 Å². The van der Waals surface area contributed by atoms with Crippen molar-refractivity contribution in [1.82, 2.24) is 0 Å². The molecule has 4 N–H and O–H groups in total. The van der Waals surface area contributed by atoms with E-state index in [4.69, 9.17) is 5.84 Å². The number of nitro groups is 1. The smallest absolute Gasteiger partial charge is 0.316 e. The molecule has 0 aliphatic rings. The third kappa shape index (κ3) is 3.50. The summed E-state index contributed by atoms with van der Waals surface area (Å²) in [5.41, 5.74) is 4.00. The zero-order valence-corrected chi connectivity index (χ0v) is 12.9. The molecule has 110 valence electrons. The zero-order chi connectivity index (χ0) is 15.4. The number of nitro benzene ring substituents is 1. The second kappa shape index (κ2) is 6.55. The molecule has 2 rings (SSSR count). The summed E-state index contributed by atoms with van der Waals surface area (Å²) in [6, 6.07) is 12.6. The number of hydrogen-bond acceptors (Lipinski definition) is 5. The summed E-state index contributed by atoms with van der Waals surface area (Å²) in [5, 5.41) is 14.4. The first-order chi connectivity index (χ1) is 10.0. The van der Waals surface area contributed by atoms with Crippen molar-refractivity contribution in [2.24, 2.45) is 5.84 Å². The molecule has 0 saturated carbocycles. The lowest BCUT2D eigenvalue weighted by molar-refractivity contribution is -0.383. The van der Waals surface area contributed by atoms with Gasteiger partial charge in [-0.15, -0.1) is 0 Å². The van der Waals surface area contributed by atoms with Crippen molar-refractivity contribution in [2.75, 3.05) is 10.7 Å². The van der Waals surface area contributed by atoms with E-state index < -0.39 is 4.92 Å². The van der Waals surface area contributed by atoms with Crippen molar-refractivity contribution in [1.29, 1.82) is 0 Å². The Hall–Kier alpha value is -2.12. The molecular weight excluding hydrogens is 336 g/mol. The summed E-state index contributed by atoms with van der Waals surface area (Å²) in [5.74, 6) is 5.33. The molecule has 0 aliphatic carbocycles. The van der Waals surface area contributed by atoms with Gasteiger partial charge in [-0.2, -0.15) is 0 Å². The van der Waals surface area contributed by atoms with E-state index in [0.717, 1.165) is 10.0 Å². The Morgan fingerprint density at radius 2 is 1.81 bits per heavy atom. The Labute approximate surface area is 130 Å². The average Bonchev–Trinajstić information content (AvgIpc) is 2.47. The van der Waals surface area contributed by atoms with E-state index in [1.807, 2.05) is 31.2 Å². The van der Waals surface area contributed by atoms with E-state index in [-0.39, 0.29) is 17.4 Å². The topological polar surface area (TPSA) is 93.2 Å². The van der Waals surface area contributed by atoms with Gasteiger partial charge < -0.3 is 10.7 Å². The lowest BCUT2D eigenvalue weighted by Gasteiger charge is -2.16. The largest absolute Gasteiger partial charge is 0.373 e. The minimum atomic E-state index is -0.453. The van der Waals surface area contributed by atoms with E-state index >= 15 is 0 Å². The Kier molecular flexibility index (Phi) is 4.77. The van der Waals surface area contributed by atoms with Gasteiger partial charge in [-0.1, -0.05) is 34.1 Å². The highest BCUT2D eigenvalue weighted by Crippen LogP contribution is 2.34. The highest BCUT2D eigenvalue weighted by Gasteiger charge is 2.20. The molecule has 0 saturated heterocycles. The maximum absolute atomic E-state index is 11.2. The summed E-state index contributed by atoms with van der Waals surface area (Å²) in [4.78, 5) is 10.8. The molecule has 0 bridgehead atoms. The summed E-state index contributed by atoms with van der Waals surface area (Å²) < 4.78 is 0.985. The predicted molar refractivity (Wildman–Crippen MR) is 87.1 cm³/mol. The van der Waals surface area contributed by atoms with Crippen LogP contribution < -0.4 is 16.6 Å². The first-order valence-corrected chi connectivity index (χ1v) is 7.08. The Bertz CT molecular complexity index is 646. The second-order valence-electron chi connectivity index (χ2n) is 4.52. The number of hydrazine groups is 1. The maximum atomic E-state index is 11.2. The molecule has 0 aliphatic heterocycles. The van der Waals surface area contributed by atoms with E-state index in [2.05, 4.69) is 26.7 Å². The van der Waals surface area contributed by atoms with Crippen molar-refractivity contribution in [3.05, 3.63) is 62.6 Å². The minimum Gasteiger partial charge on any atom is -0.373 e. The molecule has 21 heavy (non-hydrogen) atoms. The fourth-order valence-corrected chi connectivity index (χ4v) is 2.31. The van der Waals surface area contributed by atoms with Crippen LogP contribution in [-0.2, 0) is 0 Å². The van der Waals surface area contributed by atoms with E-state index in [9.17, 15) is 10.1 Å². The number of nitrogens with two attached hydrogens (primary N) is 1. The Morgan fingerprint density at radius 3 is 2.38 bits per heavy atom. The second-order valence-corrected chi connectivity index (χ2v) is 5.44. The van der Waals surface area contributed by atoms with Gasteiger partial charge >= 0.3 is 5.69 Å². The van der Waals surface area contributed by atoms with E-state index in [0.29, 0.717) is 5.69 Å². The van der Waals surface area contributed by atoms with Gasteiger partial charge in [-0.3, -0.25) is 16.0 Å². The standard InChI is InChI=1S/C14H15BrN4O2/c1-9(10-5-7-11(15)8-6-10)17-12-3-2-4-13(18-16)14(12)19(20)21/h2-9,17-18H,16H2,1H3. The lowest BCUT2D eigenvalue weighted by atomic mass is 10.1. The van der Waals surface area contributed by atoms with Gasteiger partial charge in [0.15, 0.2) is 0 Å². The number of hydrogen-bond donors (Lipinski definition) is 3. The molecule has 1 unspecified atom stereocenters. The van der Waals surface area contributed by atoms with Crippen LogP contribution in [0.25, 0.3) is 0 Å². The molecule has 0 aromatic heterocycles. The minimum absolute atomic E-state index is 0.0658. The van der Waals surface area contributed by atoms with Crippen LogP contribution in [0.1, 0.15) is 18.5 Å². The highest BCUT2D eigenvalue weighted by molar-refractivity contribution is 9.10. The maximum Gasteiger partial charge on any atom is 0.316 e. The van der Waals surface area contributed by atoms with Crippen LogP contribution in [0.5, 0.6) is 0 Å². The average molecular weight is 351 g/mol. The third-order valence-electron chi connectivity index (χ3n) is 3.12. The summed E-state index contributed by atoms with van der Waals surface area (Å²) >= 11 is 3.38. The number of nitrogen functional groups attached to an aromatic ring is 1. The number of halogens is 1. The SMILES string of the molecule is CC(Nc1cccc(NN)c1[N+](=O)[O-])c1ccc(Br)cc1. The predicted octanol–water partition coefficient (Wildman–Crippen LogP) is 3.82. The van der Waals surface area contributed by atoms with Crippen LogP contribution in [0.4, 0.5) is 17.1 Å². The van der Waals surface area contributed by atoms with Gasteiger partial charge in [0.05, 0.1) is 4.92 Å². The molecule has 0 amide bonds. The summed E-state index contributed by atoms with van der Waals surface area (Å²) in [6.45, 7) is 1.94. The van der Waals surface area contributed by atoms with Crippen LogP contribution in [-0.4, -0.2) is 4.92 Å². The third-order valence-corrected chi connectivity index (χ3v) is 3.64. The van der Waals surface area contributed by atoms with Crippen molar-refractivity contribution >= 4 is 33.0 Å². The molecule has 7 heteroatoms. The molecular formula is C14H15BrN4O2. The molecule has 0 fully saturated rings. The van der Waals surface area contributed by atoms with Gasteiger partial charge in [0, 0.05) is 10.5 Å². The Balaban J connectivity index is 2.30. The first-order valence-electron chi connectivity index (χ1n) is 6.29. The molecule has 0 radical (unpaired) electrons. The Morgan fingerprint density at radius 1 is 1.19 bits per heavy atom. The number of para-hydroxylation sites is 1. The lowest BCUT2D eigenvalue weighted by Crippen LogP contribution is -2.12. The number of benzene rings is 2. The molecule has 6 nitrogen and oxygen atoms in total. The van der Waals surface area contributed by atoms with Crippen LogP contribution in [0.2, 0.25) is 0 Å². The van der Waals surface area contributed by atoms with Gasteiger partial charge in [-0.05, 0) is 36.8 Å². The number of nitrogens with zero attached hydrogens (tertiary/aromatic N) is 1. The highest BCUT2D eigenvalue weighted by atomic mass is 79.9. The normalized spacial score (nSPS) is 11.8. The quantitative estimate of drug-likeness (QED) is 0.433. The monoisotopic (exact) mass is 350 g/mol. The fraction of sp³-hybridized carbons (Fsp3) is 0.143. The number of anilines is 2. The molecule has 0 spiro atoms. The molecule has 1 atom stereocenters. The van der Waals surface area contributed by atoms with E-state index in [1.165, 1.54) is 0 Å². The number of nitrogens with one attached hydrogen (secondary N) is 2. The molecule has 2 aromatic rings. The fourth-order valence-electron chi connectivity index (χ4n) is 2.04. The molecule has 0 heterocycles. The van der Waals surface area contributed by atoms with Gasteiger partial charge in [0.25, 0.3) is 0 Å². The molecule has 2 aromatic carbocycles. The summed E-state index contributed by atoms with van der Waals surface area (Å²) in [6.07, 6.45) is 0. The van der Waals surface area contributed by atoms with Crippen LogP contribution >= 0.6 is 15.9 Å². The van der Waals surface area contributed by atoms with Crippen LogP contribution in [0, 0.1) is 10.1 Å². The van der Waals surface area contributed by atoms with Crippen LogP contribution in [0.3, 0.4) is 0 Å². The van der Waals surface area contributed by atoms with Crippen molar-refractivity contribution < 1.29 is 4.92 Å². The van der Waals surface area contributed by atoms with Gasteiger partial charge in [0.2, 0.25) is 0 Å². The van der Waals surface area contributed by atoms with Crippen molar-refractivity contribution in [3.8, 4) is 0 Å². The van der Waals surface area contributed by atoms with Gasteiger partial charge in [0.1, 0.15) is 11.4 Å². The summed E-state index contributed by atoms with van der Waals surface area (Å²) in [7, 11) is 0. The zero-order valence-electron chi connectivity index (χ0n) is 11.3.